The first kappa shape index (κ1) is 14.4. The molecule has 0 saturated heterocycles. The Hall–Kier alpha value is -0.0600. The summed E-state index contributed by atoms with van der Waals surface area (Å²) in [6.45, 7) is 4.09. The number of aryl methyl sites for hydroxylation is 2. The number of thiophene rings is 1. The second-order valence-electron chi connectivity index (χ2n) is 4.22. The van der Waals surface area contributed by atoms with E-state index in [1.165, 1.54) is 11.3 Å². The van der Waals surface area contributed by atoms with Crippen molar-refractivity contribution in [3.8, 4) is 0 Å². The van der Waals surface area contributed by atoms with Gasteiger partial charge in [-0.25, -0.2) is 0 Å². The summed E-state index contributed by atoms with van der Waals surface area (Å²) in [5, 5.41) is 0. The van der Waals surface area contributed by atoms with Crippen LogP contribution in [0, 0.1) is 13.8 Å². The molecule has 5 heteroatoms. The van der Waals surface area contributed by atoms with Crippen molar-refractivity contribution in [2.75, 3.05) is 0 Å². The predicted molar refractivity (Wildman–Crippen MR) is 84.0 cm³/mol. The van der Waals surface area contributed by atoms with Crippen LogP contribution in [0.3, 0.4) is 0 Å². The fourth-order valence-electron chi connectivity index (χ4n) is 1.87. The molecule has 1 aromatic carbocycles. The first-order valence-electron chi connectivity index (χ1n) is 5.37. The van der Waals surface area contributed by atoms with E-state index in [1.54, 1.807) is 0 Å². The van der Waals surface area contributed by atoms with E-state index in [0.717, 1.165) is 26.7 Å². The van der Waals surface area contributed by atoms with Gasteiger partial charge in [0, 0.05) is 10.0 Å². The van der Waals surface area contributed by atoms with Gasteiger partial charge >= 0.3 is 0 Å². The van der Waals surface area contributed by atoms with E-state index in [9.17, 15) is 0 Å². The van der Waals surface area contributed by atoms with Crippen molar-refractivity contribution in [1.29, 1.82) is 0 Å². The molecule has 2 N–H and O–H groups in total. The largest absolute Gasteiger partial charge is 0.320 e. The highest BCUT2D eigenvalue weighted by Crippen LogP contribution is 2.37. The fraction of sp³-hybridized carbons (Fsp3) is 0.231. The summed E-state index contributed by atoms with van der Waals surface area (Å²) in [5.41, 5.74) is 10.6. The summed E-state index contributed by atoms with van der Waals surface area (Å²) in [6, 6.07) is 5.77. The van der Waals surface area contributed by atoms with Crippen molar-refractivity contribution in [1.82, 2.24) is 0 Å². The molecular formula is C13H12BrCl2NS. The maximum absolute atomic E-state index is 6.30. The highest BCUT2D eigenvalue weighted by atomic mass is 79.9. The summed E-state index contributed by atoms with van der Waals surface area (Å²) in [7, 11) is 0. The van der Waals surface area contributed by atoms with Crippen LogP contribution in [0.5, 0.6) is 0 Å². The van der Waals surface area contributed by atoms with Gasteiger partial charge in [0.1, 0.15) is 0 Å². The van der Waals surface area contributed by atoms with Gasteiger partial charge < -0.3 is 5.73 Å². The van der Waals surface area contributed by atoms with Gasteiger partial charge in [0.15, 0.2) is 0 Å². The van der Waals surface area contributed by atoms with Crippen molar-refractivity contribution in [2.24, 2.45) is 5.73 Å². The Balaban J connectivity index is 2.49. The number of nitrogens with two attached hydrogens (primary N) is 1. The van der Waals surface area contributed by atoms with Crippen LogP contribution in [0.25, 0.3) is 0 Å². The molecule has 1 unspecified atom stereocenters. The standard InChI is InChI=1S/C13H12BrCl2NS/c1-6-4-10(14)7(2)3-8(6)12(17)9-5-11(15)18-13(9)16/h3-5,12H,17H2,1-2H3. The molecule has 0 aliphatic carbocycles. The highest BCUT2D eigenvalue weighted by molar-refractivity contribution is 9.10. The Bertz CT molecular complexity index is 595. The van der Waals surface area contributed by atoms with Crippen LogP contribution in [0.4, 0.5) is 0 Å². The smallest absolute Gasteiger partial charge is 0.0995 e. The van der Waals surface area contributed by atoms with Crippen LogP contribution in [0.2, 0.25) is 8.67 Å². The van der Waals surface area contributed by atoms with Crippen LogP contribution >= 0.6 is 50.5 Å². The van der Waals surface area contributed by atoms with Crippen LogP contribution in [0.15, 0.2) is 22.7 Å². The molecule has 0 aliphatic rings. The zero-order chi connectivity index (χ0) is 13.4. The van der Waals surface area contributed by atoms with Gasteiger partial charge in [-0.15, -0.1) is 11.3 Å². The van der Waals surface area contributed by atoms with E-state index in [-0.39, 0.29) is 6.04 Å². The third-order valence-electron chi connectivity index (χ3n) is 2.90. The molecule has 0 radical (unpaired) electrons. The lowest BCUT2D eigenvalue weighted by atomic mass is 9.96. The molecule has 2 rings (SSSR count). The van der Waals surface area contributed by atoms with E-state index in [1.807, 2.05) is 19.9 Å². The maximum Gasteiger partial charge on any atom is 0.0995 e. The Morgan fingerprint density at radius 2 is 1.78 bits per heavy atom. The zero-order valence-corrected chi connectivity index (χ0v) is 13.8. The SMILES string of the molecule is Cc1cc(C(N)c2cc(Cl)sc2Cl)c(C)cc1Br. The Morgan fingerprint density at radius 1 is 1.11 bits per heavy atom. The number of halogens is 3. The maximum atomic E-state index is 6.30. The fourth-order valence-corrected chi connectivity index (χ4v) is 3.88. The van der Waals surface area contributed by atoms with Crippen molar-refractivity contribution >= 4 is 50.5 Å². The summed E-state index contributed by atoms with van der Waals surface area (Å²) < 4.78 is 2.41. The van der Waals surface area contributed by atoms with E-state index in [2.05, 4.69) is 28.1 Å². The minimum absolute atomic E-state index is 0.243. The van der Waals surface area contributed by atoms with Crippen molar-refractivity contribution in [2.45, 2.75) is 19.9 Å². The molecule has 2 aromatic rings. The number of benzene rings is 1. The summed E-state index contributed by atoms with van der Waals surface area (Å²) in [6.07, 6.45) is 0. The monoisotopic (exact) mass is 363 g/mol. The van der Waals surface area contributed by atoms with Crippen LogP contribution in [0.1, 0.15) is 28.3 Å². The molecule has 1 atom stereocenters. The van der Waals surface area contributed by atoms with Gasteiger partial charge in [-0.05, 0) is 42.7 Å². The lowest BCUT2D eigenvalue weighted by molar-refractivity contribution is 0.864. The molecule has 0 amide bonds. The van der Waals surface area contributed by atoms with Gasteiger partial charge in [0.25, 0.3) is 0 Å². The Labute approximate surface area is 129 Å². The molecule has 1 heterocycles. The lowest BCUT2D eigenvalue weighted by Crippen LogP contribution is -2.13. The summed E-state index contributed by atoms with van der Waals surface area (Å²) in [5.74, 6) is 0. The van der Waals surface area contributed by atoms with Gasteiger partial charge in [-0.2, -0.15) is 0 Å². The summed E-state index contributed by atoms with van der Waals surface area (Å²) >= 11 is 17.0. The molecule has 0 aliphatic heterocycles. The van der Waals surface area contributed by atoms with Gasteiger partial charge in [0.05, 0.1) is 14.7 Å². The van der Waals surface area contributed by atoms with Crippen LogP contribution < -0.4 is 5.73 Å². The Morgan fingerprint density at radius 3 is 2.33 bits per heavy atom. The van der Waals surface area contributed by atoms with Crippen LogP contribution in [-0.2, 0) is 0 Å². The first-order valence-corrected chi connectivity index (χ1v) is 7.73. The quantitative estimate of drug-likeness (QED) is 0.749. The molecule has 0 saturated carbocycles. The molecule has 96 valence electrons. The zero-order valence-electron chi connectivity index (χ0n) is 9.93. The normalized spacial score (nSPS) is 12.8. The van der Waals surface area contributed by atoms with Crippen molar-refractivity contribution in [3.63, 3.8) is 0 Å². The third-order valence-corrected chi connectivity index (χ3v) is 5.27. The topological polar surface area (TPSA) is 26.0 Å². The van der Waals surface area contributed by atoms with E-state index >= 15 is 0 Å². The minimum Gasteiger partial charge on any atom is -0.320 e. The molecule has 0 bridgehead atoms. The predicted octanol–water partition coefficient (Wildman–Crippen LogP) is 5.48. The molecule has 0 fully saturated rings. The average molecular weight is 365 g/mol. The van der Waals surface area contributed by atoms with Crippen LogP contribution in [-0.4, -0.2) is 0 Å². The molecule has 1 aromatic heterocycles. The molecule has 0 spiro atoms. The number of hydrogen-bond donors (Lipinski definition) is 1. The van der Waals surface area contributed by atoms with Gasteiger partial charge in [0.2, 0.25) is 0 Å². The van der Waals surface area contributed by atoms with Crippen molar-refractivity contribution < 1.29 is 0 Å². The second kappa shape index (κ2) is 5.51. The van der Waals surface area contributed by atoms with Crippen molar-refractivity contribution in [3.05, 3.63) is 53.6 Å². The third kappa shape index (κ3) is 2.75. The molecular weight excluding hydrogens is 353 g/mol. The highest BCUT2D eigenvalue weighted by Gasteiger charge is 2.18. The van der Waals surface area contributed by atoms with E-state index in [4.69, 9.17) is 28.9 Å². The van der Waals surface area contributed by atoms with E-state index in [0.29, 0.717) is 8.67 Å². The average Bonchev–Trinajstić information content (AvgIpc) is 2.62. The summed E-state index contributed by atoms with van der Waals surface area (Å²) in [4.78, 5) is 0. The van der Waals surface area contributed by atoms with E-state index < -0.39 is 0 Å². The first-order chi connectivity index (χ1) is 8.40. The molecule has 18 heavy (non-hydrogen) atoms. The molecule has 1 nitrogen and oxygen atoms in total. The number of rotatable bonds is 2. The Kier molecular flexibility index (Phi) is 4.40. The number of hydrogen-bond acceptors (Lipinski definition) is 2. The minimum atomic E-state index is -0.243. The van der Waals surface area contributed by atoms with Gasteiger partial charge in [-0.3, -0.25) is 0 Å². The lowest BCUT2D eigenvalue weighted by Gasteiger charge is -2.16. The second-order valence-corrected chi connectivity index (χ2v) is 7.36. The van der Waals surface area contributed by atoms with Gasteiger partial charge in [-0.1, -0.05) is 45.2 Å².